The highest BCUT2D eigenvalue weighted by atomic mass is 19.4. The summed E-state index contributed by atoms with van der Waals surface area (Å²) >= 11 is 0. The third kappa shape index (κ3) is 6.56. The van der Waals surface area contributed by atoms with Gasteiger partial charge in [-0.05, 0) is 30.3 Å². The number of carbonyl (C=O) groups is 3. The summed E-state index contributed by atoms with van der Waals surface area (Å²) in [7, 11) is 1.31. The third-order valence-electron chi connectivity index (χ3n) is 7.09. The van der Waals surface area contributed by atoms with Crippen molar-refractivity contribution in [2.75, 3.05) is 38.6 Å². The molecule has 0 unspecified atom stereocenters. The molecule has 0 radical (unpaired) electrons. The summed E-state index contributed by atoms with van der Waals surface area (Å²) in [4.78, 5) is 45.6. The number of benzene rings is 2. The third-order valence-corrected chi connectivity index (χ3v) is 7.09. The molecular weight excluding hydrogens is 609 g/mol. The van der Waals surface area contributed by atoms with Gasteiger partial charge < -0.3 is 29.9 Å². The molecule has 12 nitrogen and oxygen atoms in total. The van der Waals surface area contributed by atoms with E-state index in [4.69, 9.17) is 9.84 Å². The standard InChI is InChI=1S/C28H24F5N7O5/c1-45-16-3-5-17(21(30)12-16)22-19(23(38-37-22)28(31,32)33)10-15-13-34-24(35-15)25(41)36-14-2-4-18(20(29)11-14)26(42)39-6-8-40(9-7-39)27(43)44/h2-5,11-13H,6-10H2,1H3,(H,34,35)(H,36,41)(H,37,38)(H,43,44). The van der Waals surface area contributed by atoms with Crippen LogP contribution < -0.4 is 10.1 Å². The number of H-pyrrole nitrogens is 2. The van der Waals surface area contributed by atoms with Gasteiger partial charge in [-0.1, -0.05) is 0 Å². The Labute approximate surface area is 250 Å². The molecule has 2 aromatic carbocycles. The highest BCUT2D eigenvalue weighted by molar-refractivity contribution is 6.02. The van der Waals surface area contributed by atoms with Crippen LogP contribution in [0.4, 0.5) is 32.4 Å². The monoisotopic (exact) mass is 633 g/mol. The number of rotatable bonds is 7. The molecule has 2 aromatic heterocycles. The Morgan fingerprint density at radius 2 is 1.73 bits per heavy atom. The molecule has 0 aliphatic carbocycles. The fourth-order valence-corrected chi connectivity index (χ4v) is 4.79. The number of hydrogen-bond donors (Lipinski definition) is 4. The maximum Gasteiger partial charge on any atom is 0.433 e. The van der Waals surface area contributed by atoms with Gasteiger partial charge in [0.1, 0.15) is 23.1 Å². The van der Waals surface area contributed by atoms with E-state index in [9.17, 15) is 36.3 Å². The lowest BCUT2D eigenvalue weighted by atomic mass is 10.0. The number of ether oxygens (including phenoxy) is 1. The predicted octanol–water partition coefficient (Wildman–Crippen LogP) is 4.38. The zero-order valence-electron chi connectivity index (χ0n) is 23.3. The van der Waals surface area contributed by atoms with Crippen LogP contribution in [0.3, 0.4) is 0 Å². The summed E-state index contributed by atoms with van der Waals surface area (Å²) in [6, 6.07) is 6.98. The highest BCUT2D eigenvalue weighted by Gasteiger charge is 2.38. The number of alkyl halides is 3. The van der Waals surface area contributed by atoms with Crippen molar-refractivity contribution in [2.45, 2.75) is 12.6 Å². The van der Waals surface area contributed by atoms with Crippen molar-refractivity contribution in [3.63, 3.8) is 0 Å². The molecule has 1 fully saturated rings. The van der Waals surface area contributed by atoms with Crippen LogP contribution in [0.5, 0.6) is 5.75 Å². The zero-order chi connectivity index (χ0) is 32.5. The normalized spacial score (nSPS) is 13.6. The van der Waals surface area contributed by atoms with Crippen LogP contribution >= 0.6 is 0 Å². The predicted molar refractivity (Wildman–Crippen MR) is 147 cm³/mol. The average molecular weight is 634 g/mol. The van der Waals surface area contributed by atoms with Gasteiger partial charge >= 0.3 is 12.3 Å². The number of nitrogens with one attached hydrogen (secondary N) is 3. The Balaban J connectivity index is 1.30. The minimum absolute atomic E-state index is 0.0332. The van der Waals surface area contributed by atoms with Crippen LogP contribution in [0.15, 0.2) is 42.6 Å². The second-order valence-corrected chi connectivity index (χ2v) is 9.91. The van der Waals surface area contributed by atoms with Crippen molar-refractivity contribution in [2.24, 2.45) is 0 Å². The summed E-state index contributed by atoms with van der Waals surface area (Å²) in [5, 5.41) is 17.1. The molecule has 1 aliphatic rings. The average Bonchev–Trinajstić information content (AvgIpc) is 3.65. The number of nitrogens with zero attached hydrogens (tertiary/aromatic N) is 4. The molecule has 3 heterocycles. The number of aromatic amines is 2. The SMILES string of the molecule is COc1ccc(-c2n[nH]c(C(F)(F)F)c2Cc2cnc(C(=O)Nc3ccc(C(=O)N4CCN(C(=O)O)CC4)c(F)c3)[nH]2)c(F)c1. The number of carbonyl (C=O) groups excluding carboxylic acids is 2. The van der Waals surface area contributed by atoms with E-state index < -0.39 is 53.4 Å². The number of hydrogen-bond acceptors (Lipinski definition) is 6. The summed E-state index contributed by atoms with van der Waals surface area (Å²) in [5.74, 6) is -3.44. The maximum absolute atomic E-state index is 14.9. The Morgan fingerprint density at radius 1 is 1.02 bits per heavy atom. The lowest BCUT2D eigenvalue weighted by Crippen LogP contribution is -2.50. The van der Waals surface area contributed by atoms with Crippen molar-refractivity contribution < 1.29 is 46.2 Å². The van der Waals surface area contributed by atoms with Crippen LogP contribution in [0, 0.1) is 11.6 Å². The van der Waals surface area contributed by atoms with E-state index in [1.807, 2.05) is 5.10 Å². The first-order valence-corrected chi connectivity index (χ1v) is 13.3. The molecule has 4 N–H and O–H groups in total. The number of carboxylic acid groups (broad SMARTS) is 1. The maximum atomic E-state index is 14.9. The lowest BCUT2D eigenvalue weighted by Gasteiger charge is -2.33. The smallest absolute Gasteiger partial charge is 0.433 e. The van der Waals surface area contributed by atoms with Crippen molar-refractivity contribution >= 4 is 23.6 Å². The highest BCUT2D eigenvalue weighted by Crippen LogP contribution is 2.37. The van der Waals surface area contributed by atoms with E-state index in [2.05, 4.69) is 20.4 Å². The molecule has 0 atom stereocenters. The Kier molecular flexibility index (Phi) is 8.43. The van der Waals surface area contributed by atoms with Gasteiger partial charge in [-0.25, -0.2) is 18.6 Å². The van der Waals surface area contributed by atoms with Crippen LogP contribution in [0.2, 0.25) is 0 Å². The van der Waals surface area contributed by atoms with Gasteiger partial charge in [0.05, 0.1) is 18.4 Å². The van der Waals surface area contributed by atoms with Crippen LogP contribution in [-0.2, 0) is 12.6 Å². The molecule has 45 heavy (non-hydrogen) atoms. The van der Waals surface area contributed by atoms with Crippen molar-refractivity contribution in [1.29, 1.82) is 0 Å². The largest absolute Gasteiger partial charge is 0.497 e. The first-order chi connectivity index (χ1) is 21.3. The van der Waals surface area contributed by atoms with Gasteiger partial charge in [0.2, 0.25) is 0 Å². The number of aromatic nitrogens is 4. The minimum atomic E-state index is -4.85. The van der Waals surface area contributed by atoms with Crippen molar-refractivity contribution in [3.8, 4) is 17.0 Å². The number of imidazole rings is 1. The molecule has 17 heteroatoms. The Morgan fingerprint density at radius 3 is 2.36 bits per heavy atom. The molecular formula is C28H24F5N7O5. The molecule has 4 aromatic rings. The first kappa shape index (κ1) is 31.0. The number of anilines is 1. The topological polar surface area (TPSA) is 157 Å². The van der Waals surface area contributed by atoms with Crippen LogP contribution in [0.1, 0.15) is 37.9 Å². The fraction of sp³-hybridized carbons (Fsp3) is 0.250. The molecule has 5 rings (SSSR count). The van der Waals surface area contributed by atoms with Gasteiger partial charge in [0.15, 0.2) is 5.82 Å². The quantitative estimate of drug-likeness (QED) is 0.220. The van der Waals surface area contributed by atoms with E-state index in [0.717, 1.165) is 23.2 Å². The number of methoxy groups -OCH3 is 1. The van der Waals surface area contributed by atoms with E-state index in [-0.39, 0.29) is 66.0 Å². The van der Waals surface area contributed by atoms with Crippen LogP contribution in [-0.4, -0.2) is 86.3 Å². The Bertz CT molecular complexity index is 1760. The fourth-order valence-electron chi connectivity index (χ4n) is 4.79. The van der Waals surface area contributed by atoms with E-state index in [1.165, 1.54) is 36.3 Å². The van der Waals surface area contributed by atoms with Gasteiger partial charge in [-0.2, -0.15) is 18.3 Å². The second-order valence-electron chi connectivity index (χ2n) is 9.91. The van der Waals surface area contributed by atoms with Crippen LogP contribution in [0.25, 0.3) is 11.3 Å². The number of halogens is 5. The summed E-state index contributed by atoms with van der Waals surface area (Å²) < 4.78 is 75.9. The summed E-state index contributed by atoms with van der Waals surface area (Å²) in [5.41, 5.74) is -2.34. The lowest BCUT2D eigenvalue weighted by molar-refractivity contribution is -0.141. The van der Waals surface area contributed by atoms with Crippen molar-refractivity contribution in [1.82, 2.24) is 30.0 Å². The number of piperazine rings is 1. The van der Waals surface area contributed by atoms with E-state index in [0.29, 0.717) is 0 Å². The zero-order valence-corrected chi connectivity index (χ0v) is 23.3. The van der Waals surface area contributed by atoms with Gasteiger partial charge in [0, 0.05) is 67.4 Å². The molecule has 0 bridgehead atoms. The van der Waals surface area contributed by atoms with Gasteiger partial charge in [-0.15, -0.1) is 0 Å². The molecule has 1 saturated heterocycles. The van der Waals surface area contributed by atoms with Gasteiger partial charge in [0.25, 0.3) is 11.8 Å². The van der Waals surface area contributed by atoms with E-state index in [1.54, 1.807) is 0 Å². The van der Waals surface area contributed by atoms with E-state index >= 15 is 0 Å². The van der Waals surface area contributed by atoms with Gasteiger partial charge in [-0.3, -0.25) is 14.7 Å². The molecule has 3 amide bonds. The van der Waals surface area contributed by atoms with Crippen molar-refractivity contribution in [3.05, 3.63) is 82.6 Å². The molecule has 1 aliphatic heterocycles. The molecule has 236 valence electrons. The second kappa shape index (κ2) is 12.3. The first-order valence-electron chi connectivity index (χ1n) is 13.3. The number of amides is 3. The summed E-state index contributed by atoms with van der Waals surface area (Å²) in [6.07, 6.45) is -5.30. The Hall–Kier alpha value is -5.48. The summed E-state index contributed by atoms with van der Waals surface area (Å²) in [6.45, 7) is 0.340. The molecule has 0 spiro atoms. The molecule has 0 saturated carbocycles. The minimum Gasteiger partial charge on any atom is -0.497 e.